The monoisotopic (exact) mass is 218 g/mol. The number of nitrogens with two attached hydrogens (primary N) is 1. The summed E-state index contributed by atoms with van der Waals surface area (Å²) in [5.74, 6) is 1.32. The van der Waals surface area contributed by atoms with E-state index in [-0.39, 0.29) is 0 Å². The van der Waals surface area contributed by atoms with Crippen molar-refractivity contribution in [2.75, 3.05) is 12.3 Å². The second-order valence-corrected chi connectivity index (χ2v) is 3.42. The molecule has 1 aromatic carbocycles. The Morgan fingerprint density at radius 1 is 1.31 bits per heavy atom. The summed E-state index contributed by atoms with van der Waals surface area (Å²) in [5, 5.41) is 7.61. The number of hydrogen-bond acceptors (Lipinski definition) is 4. The van der Waals surface area contributed by atoms with Crippen LogP contribution in [0.3, 0.4) is 0 Å². The number of hydrogen-bond donors (Lipinski definition) is 1. The number of anilines is 1. The van der Waals surface area contributed by atoms with E-state index in [1.165, 1.54) is 0 Å². The molecule has 5 nitrogen and oxygen atoms in total. The van der Waals surface area contributed by atoms with E-state index in [0.717, 1.165) is 11.3 Å². The van der Waals surface area contributed by atoms with E-state index in [1.807, 2.05) is 31.2 Å². The lowest BCUT2D eigenvalue weighted by molar-refractivity contribution is 0.340. The fourth-order valence-corrected chi connectivity index (χ4v) is 1.44. The van der Waals surface area contributed by atoms with Crippen LogP contribution < -0.4 is 10.5 Å². The SMILES string of the molecule is CCOc1ccc(Cn2cc(N)nn2)cc1. The van der Waals surface area contributed by atoms with Gasteiger partial charge in [0.2, 0.25) is 0 Å². The van der Waals surface area contributed by atoms with Gasteiger partial charge in [-0.05, 0) is 24.6 Å². The fourth-order valence-electron chi connectivity index (χ4n) is 1.44. The highest BCUT2D eigenvalue weighted by atomic mass is 16.5. The second kappa shape index (κ2) is 4.65. The van der Waals surface area contributed by atoms with E-state index in [2.05, 4.69) is 10.3 Å². The fraction of sp³-hybridized carbons (Fsp3) is 0.273. The van der Waals surface area contributed by atoms with Crippen molar-refractivity contribution in [2.24, 2.45) is 0 Å². The van der Waals surface area contributed by atoms with Gasteiger partial charge in [-0.3, -0.25) is 0 Å². The second-order valence-electron chi connectivity index (χ2n) is 3.42. The Bertz CT molecular complexity index is 449. The molecule has 2 rings (SSSR count). The summed E-state index contributed by atoms with van der Waals surface area (Å²) in [4.78, 5) is 0. The van der Waals surface area contributed by atoms with Crippen LogP contribution in [-0.2, 0) is 6.54 Å². The van der Waals surface area contributed by atoms with Gasteiger partial charge in [-0.1, -0.05) is 17.3 Å². The lowest BCUT2D eigenvalue weighted by atomic mass is 10.2. The molecule has 5 heteroatoms. The van der Waals surface area contributed by atoms with Crippen LogP contribution in [0.4, 0.5) is 5.82 Å². The van der Waals surface area contributed by atoms with Crippen LogP contribution in [0.25, 0.3) is 0 Å². The molecule has 0 aliphatic rings. The maximum Gasteiger partial charge on any atom is 0.165 e. The molecule has 0 radical (unpaired) electrons. The first-order valence-corrected chi connectivity index (χ1v) is 5.15. The van der Waals surface area contributed by atoms with Gasteiger partial charge >= 0.3 is 0 Å². The highest BCUT2D eigenvalue weighted by molar-refractivity contribution is 5.28. The van der Waals surface area contributed by atoms with Gasteiger partial charge in [0.25, 0.3) is 0 Å². The average Bonchev–Trinajstić information content (AvgIpc) is 2.67. The molecule has 84 valence electrons. The Morgan fingerprint density at radius 2 is 2.06 bits per heavy atom. The van der Waals surface area contributed by atoms with Crippen LogP contribution in [0, 0.1) is 0 Å². The molecule has 0 aliphatic carbocycles. The Balaban J connectivity index is 2.05. The van der Waals surface area contributed by atoms with E-state index >= 15 is 0 Å². The van der Waals surface area contributed by atoms with Gasteiger partial charge in [-0.2, -0.15) is 0 Å². The Morgan fingerprint density at radius 3 is 2.62 bits per heavy atom. The molecular formula is C11H14N4O. The van der Waals surface area contributed by atoms with Crippen molar-refractivity contribution in [3.63, 3.8) is 0 Å². The maximum atomic E-state index is 5.48. The van der Waals surface area contributed by atoms with Crippen molar-refractivity contribution in [1.82, 2.24) is 15.0 Å². The smallest absolute Gasteiger partial charge is 0.165 e. The first kappa shape index (κ1) is 10.5. The van der Waals surface area contributed by atoms with E-state index in [4.69, 9.17) is 10.5 Å². The summed E-state index contributed by atoms with van der Waals surface area (Å²) >= 11 is 0. The van der Waals surface area contributed by atoms with Crippen LogP contribution >= 0.6 is 0 Å². The molecule has 1 heterocycles. The summed E-state index contributed by atoms with van der Waals surface area (Å²) in [7, 11) is 0. The van der Waals surface area contributed by atoms with Crippen molar-refractivity contribution < 1.29 is 4.74 Å². The summed E-state index contributed by atoms with van der Waals surface area (Å²) < 4.78 is 7.06. The third-order valence-electron chi connectivity index (χ3n) is 2.14. The average molecular weight is 218 g/mol. The third kappa shape index (κ3) is 2.50. The molecule has 0 spiro atoms. The van der Waals surface area contributed by atoms with Crippen molar-refractivity contribution in [3.05, 3.63) is 36.0 Å². The number of aromatic nitrogens is 3. The normalized spacial score (nSPS) is 10.3. The highest BCUT2D eigenvalue weighted by Crippen LogP contribution is 2.12. The van der Waals surface area contributed by atoms with Crippen LogP contribution in [0.1, 0.15) is 12.5 Å². The van der Waals surface area contributed by atoms with E-state index < -0.39 is 0 Å². The molecule has 0 saturated carbocycles. The molecule has 0 unspecified atom stereocenters. The Labute approximate surface area is 93.8 Å². The predicted octanol–water partition coefficient (Wildman–Crippen LogP) is 1.31. The minimum atomic E-state index is 0.436. The van der Waals surface area contributed by atoms with E-state index in [9.17, 15) is 0 Å². The van der Waals surface area contributed by atoms with Gasteiger partial charge in [0.15, 0.2) is 5.82 Å². The van der Waals surface area contributed by atoms with Crippen molar-refractivity contribution in [3.8, 4) is 5.75 Å². The van der Waals surface area contributed by atoms with Gasteiger partial charge in [-0.15, -0.1) is 5.10 Å². The van der Waals surface area contributed by atoms with Crippen LogP contribution in [0.5, 0.6) is 5.75 Å². The summed E-state index contributed by atoms with van der Waals surface area (Å²) in [6, 6.07) is 7.89. The molecule has 0 atom stereocenters. The molecule has 2 N–H and O–H groups in total. The topological polar surface area (TPSA) is 66.0 Å². The minimum absolute atomic E-state index is 0.436. The molecule has 1 aromatic heterocycles. The molecular weight excluding hydrogens is 204 g/mol. The number of benzene rings is 1. The molecule has 16 heavy (non-hydrogen) atoms. The van der Waals surface area contributed by atoms with Crippen LogP contribution in [0.2, 0.25) is 0 Å². The van der Waals surface area contributed by atoms with Crippen molar-refractivity contribution >= 4 is 5.82 Å². The quantitative estimate of drug-likeness (QED) is 0.840. The third-order valence-corrected chi connectivity index (χ3v) is 2.14. The first-order chi connectivity index (χ1) is 7.78. The number of nitrogen functional groups attached to an aromatic ring is 1. The van der Waals surface area contributed by atoms with Gasteiger partial charge < -0.3 is 10.5 Å². The zero-order valence-corrected chi connectivity index (χ0v) is 9.13. The lowest BCUT2D eigenvalue weighted by Gasteiger charge is -2.04. The minimum Gasteiger partial charge on any atom is -0.494 e. The standard InChI is InChI=1S/C11H14N4O/c1-2-16-10-5-3-9(4-6-10)7-15-8-11(12)13-14-15/h3-6,8H,2,7,12H2,1H3. The number of ether oxygens (including phenoxy) is 1. The van der Waals surface area contributed by atoms with Gasteiger partial charge in [-0.25, -0.2) is 4.68 Å². The van der Waals surface area contributed by atoms with Crippen LogP contribution in [0.15, 0.2) is 30.5 Å². The molecule has 0 fully saturated rings. The number of nitrogens with zero attached hydrogens (tertiary/aromatic N) is 3. The van der Waals surface area contributed by atoms with Gasteiger partial charge in [0, 0.05) is 0 Å². The highest BCUT2D eigenvalue weighted by Gasteiger charge is 1.99. The molecule has 2 aromatic rings. The van der Waals surface area contributed by atoms with Crippen molar-refractivity contribution in [2.45, 2.75) is 13.5 Å². The van der Waals surface area contributed by atoms with E-state index in [1.54, 1.807) is 10.9 Å². The molecule has 0 amide bonds. The molecule has 0 bridgehead atoms. The van der Waals surface area contributed by atoms with E-state index in [0.29, 0.717) is 19.0 Å². The predicted molar refractivity (Wildman–Crippen MR) is 61.1 cm³/mol. The van der Waals surface area contributed by atoms with Crippen molar-refractivity contribution in [1.29, 1.82) is 0 Å². The maximum absolute atomic E-state index is 5.48. The first-order valence-electron chi connectivity index (χ1n) is 5.15. The summed E-state index contributed by atoms with van der Waals surface area (Å²) in [6.45, 7) is 3.31. The zero-order valence-electron chi connectivity index (χ0n) is 9.13. The lowest BCUT2D eigenvalue weighted by Crippen LogP contribution is -2.00. The Kier molecular flexibility index (Phi) is 3.05. The zero-order chi connectivity index (χ0) is 11.4. The summed E-state index contributed by atoms with van der Waals surface area (Å²) in [6.07, 6.45) is 1.70. The number of rotatable bonds is 4. The summed E-state index contributed by atoms with van der Waals surface area (Å²) in [5.41, 5.74) is 6.61. The van der Waals surface area contributed by atoms with Gasteiger partial charge in [0.1, 0.15) is 5.75 Å². The van der Waals surface area contributed by atoms with Gasteiger partial charge in [0.05, 0.1) is 19.3 Å². The Hall–Kier alpha value is -2.04. The molecule has 0 aliphatic heterocycles. The van der Waals surface area contributed by atoms with Crippen LogP contribution in [-0.4, -0.2) is 21.6 Å². The largest absolute Gasteiger partial charge is 0.494 e. The molecule has 0 saturated heterocycles.